The lowest BCUT2D eigenvalue weighted by Crippen LogP contribution is -2.05. The van der Waals surface area contributed by atoms with Crippen molar-refractivity contribution in [2.45, 2.75) is 6.54 Å². The molecule has 0 fully saturated rings. The minimum absolute atomic E-state index is 0.0363. The van der Waals surface area contributed by atoms with Gasteiger partial charge in [-0.25, -0.2) is 4.39 Å². The Bertz CT molecular complexity index is 569. The number of aromatic nitrogens is 3. The summed E-state index contributed by atoms with van der Waals surface area (Å²) >= 11 is 0. The molecule has 2 aromatic rings. The Morgan fingerprint density at radius 1 is 1.53 bits per heavy atom. The van der Waals surface area contributed by atoms with Gasteiger partial charge in [0, 0.05) is 12.7 Å². The standard InChI is InChI=1S/C11H10FN5/c1-17-7-15-16-11(17)6-14-9-3-2-8(5-13)10(12)4-9/h2-4,7,14H,6H2,1H3. The van der Waals surface area contributed by atoms with Gasteiger partial charge in [-0.15, -0.1) is 10.2 Å². The predicted molar refractivity (Wildman–Crippen MR) is 59.4 cm³/mol. The number of nitrogens with zero attached hydrogens (tertiary/aromatic N) is 4. The van der Waals surface area contributed by atoms with Gasteiger partial charge in [0.2, 0.25) is 0 Å². The molecule has 0 saturated heterocycles. The number of halogens is 1. The van der Waals surface area contributed by atoms with Gasteiger partial charge in [0.1, 0.15) is 18.2 Å². The Hall–Kier alpha value is -2.42. The highest BCUT2D eigenvalue weighted by Crippen LogP contribution is 2.14. The van der Waals surface area contributed by atoms with Gasteiger partial charge >= 0.3 is 0 Å². The average Bonchev–Trinajstić information content (AvgIpc) is 2.72. The lowest BCUT2D eigenvalue weighted by Gasteiger charge is -2.06. The van der Waals surface area contributed by atoms with Gasteiger partial charge < -0.3 is 9.88 Å². The first-order chi connectivity index (χ1) is 8.20. The Kier molecular flexibility index (Phi) is 3.01. The van der Waals surface area contributed by atoms with Crippen LogP contribution in [0.25, 0.3) is 0 Å². The molecule has 2 rings (SSSR count). The number of rotatable bonds is 3. The highest BCUT2D eigenvalue weighted by Gasteiger charge is 2.04. The highest BCUT2D eigenvalue weighted by atomic mass is 19.1. The van der Waals surface area contributed by atoms with Crippen LogP contribution in [0.2, 0.25) is 0 Å². The predicted octanol–water partition coefficient (Wildman–Crippen LogP) is 1.44. The van der Waals surface area contributed by atoms with E-state index in [2.05, 4.69) is 15.5 Å². The number of benzene rings is 1. The third-order valence-corrected chi connectivity index (χ3v) is 2.35. The summed E-state index contributed by atoms with van der Waals surface area (Å²) in [6.07, 6.45) is 1.59. The van der Waals surface area contributed by atoms with Crippen molar-refractivity contribution in [3.8, 4) is 6.07 Å². The van der Waals surface area contributed by atoms with E-state index in [4.69, 9.17) is 5.26 Å². The van der Waals surface area contributed by atoms with Gasteiger partial charge in [0.05, 0.1) is 12.1 Å². The van der Waals surface area contributed by atoms with Crippen molar-refractivity contribution in [1.29, 1.82) is 5.26 Å². The largest absolute Gasteiger partial charge is 0.378 e. The van der Waals surface area contributed by atoms with Crippen molar-refractivity contribution in [1.82, 2.24) is 14.8 Å². The minimum Gasteiger partial charge on any atom is -0.378 e. The number of anilines is 1. The molecular weight excluding hydrogens is 221 g/mol. The van der Waals surface area contributed by atoms with E-state index in [-0.39, 0.29) is 5.56 Å². The van der Waals surface area contributed by atoms with E-state index in [0.29, 0.717) is 12.2 Å². The Balaban J connectivity index is 2.08. The molecule has 0 aliphatic heterocycles. The van der Waals surface area contributed by atoms with Crippen molar-refractivity contribution in [2.75, 3.05) is 5.32 Å². The molecule has 1 N–H and O–H groups in total. The second-order valence-electron chi connectivity index (χ2n) is 3.52. The van der Waals surface area contributed by atoms with Crippen molar-refractivity contribution < 1.29 is 4.39 Å². The molecule has 0 amide bonds. The molecule has 17 heavy (non-hydrogen) atoms. The van der Waals surface area contributed by atoms with E-state index in [1.54, 1.807) is 23.0 Å². The van der Waals surface area contributed by atoms with Gasteiger partial charge in [-0.05, 0) is 18.2 Å². The van der Waals surface area contributed by atoms with Crippen LogP contribution in [0.4, 0.5) is 10.1 Å². The molecule has 1 aromatic carbocycles. The number of aryl methyl sites for hydroxylation is 1. The first-order valence-electron chi connectivity index (χ1n) is 4.97. The van der Waals surface area contributed by atoms with E-state index in [9.17, 15) is 4.39 Å². The van der Waals surface area contributed by atoms with Gasteiger partial charge in [-0.3, -0.25) is 0 Å². The Morgan fingerprint density at radius 3 is 2.94 bits per heavy atom. The Labute approximate surface area is 97.5 Å². The third kappa shape index (κ3) is 2.39. The molecule has 6 heteroatoms. The van der Waals surface area contributed by atoms with E-state index in [1.165, 1.54) is 12.1 Å². The van der Waals surface area contributed by atoms with Crippen LogP contribution in [0, 0.1) is 17.1 Å². The molecule has 1 aromatic heterocycles. The molecule has 0 saturated carbocycles. The second-order valence-corrected chi connectivity index (χ2v) is 3.52. The number of hydrogen-bond donors (Lipinski definition) is 1. The quantitative estimate of drug-likeness (QED) is 0.867. The number of nitrogens with one attached hydrogen (secondary N) is 1. The molecule has 0 spiro atoms. The van der Waals surface area contributed by atoms with Gasteiger partial charge in [-0.2, -0.15) is 5.26 Å². The maximum Gasteiger partial charge on any atom is 0.151 e. The fraction of sp³-hybridized carbons (Fsp3) is 0.182. The van der Waals surface area contributed by atoms with Crippen LogP contribution in [0.1, 0.15) is 11.4 Å². The molecule has 0 unspecified atom stereocenters. The molecule has 5 nitrogen and oxygen atoms in total. The smallest absolute Gasteiger partial charge is 0.151 e. The zero-order valence-electron chi connectivity index (χ0n) is 9.18. The third-order valence-electron chi connectivity index (χ3n) is 2.35. The molecule has 0 atom stereocenters. The monoisotopic (exact) mass is 231 g/mol. The summed E-state index contributed by atoms with van der Waals surface area (Å²) in [6, 6.07) is 6.15. The highest BCUT2D eigenvalue weighted by molar-refractivity contribution is 5.48. The van der Waals surface area contributed by atoms with E-state index >= 15 is 0 Å². The summed E-state index contributed by atoms with van der Waals surface area (Å²) in [6.45, 7) is 0.446. The van der Waals surface area contributed by atoms with Crippen LogP contribution in [-0.4, -0.2) is 14.8 Å². The van der Waals surface area contributed by atoms with Gasteiger partial charge in [-0.1, -0.05) is 0 Å². The lowest BCUT2D eigenvalue weighted by molar-refractivity contribution is 0.624. The van der Waals surface area contributed by atoms with Crippen molar-refractivity contribution >= 4 is 5.69 Å². The van der Waals surface area contributed by atoms with Crippen LogP contribution in [0.15, 0.2) is 24.5 Å². The van der Waals surface area contributed by atoms with E-state index in [0.717, 1.165) is 5.82 Å². The summed E-state index contributed by atoms with van der Waals surface area (Å²) < 4.78 is 15.1. The zero-order chi connectivity index (χ0) is 12.3. The maximum atomic E-state index is 13.3. The fourth-order valence-corrected chi connectivity index (χ4v) is 1.36. The fourth-order valence-electron chi connectivity index (χ4n) is 1.36. The molecule has 1 heterocycles. The van der Waals surface area contributed by atoms with Crippen molar-refractivity contribution in [2.24, 2.45) is 7.05 Å². The Morgan fingerprint density at radius 2 is 2.35 bits per heavy atom. The molecular formula is C11H10FN5. The zero-order valence-corrected chi connectivity index (χ0v) is 9.18. The second kappa shape index (κ2) is 4.61. The van der Waals surface area contributed by atoms with Crippen molar-refractivity contribution in [3.05, 3.63) is 41.7 Å². The van der Waals surface area contributed by atoms with Crippen LogP contribution in [-0.2, 0) is 13.6 Å². The number of hydrogen-bond acceptors (Lipinski definition) is 4. The van der Waals surface area contributed by atoms with Gasteiger partial charge in [0.25, 0.3) is 0 Å². The van der Waals surface area contributed by atoms with E-state index in [1.807, 2.05) is 7.05 Å². The van der Waals surface area contributed by atoms with Crippen LogP contribution < -0.4 is 5.32 Å². The molecule has 0 aliphatic carbocycles. The topological polar surface area (TPSA) is 66.5 Å². The lowest BCUT2D eigenvalue weighted by atomic mass is 10.2. The normalized spacial score (nSPS) is 9.94. The minimum atomic E-state index is -0.532. The SMILES string of the molecule is Cn1cnnc1CNc1ccc(C#N)c(F)c1. The first-order valence-corrected chi connectivity index (χ1v) is 4.97. The van der Waals surface area contributed by atoms with E-state index < -0.39 is 5.82 Å². The summed E-state index contributed by atoms with van der Waals surface area (Å²) in [5, 5.41) is 19.2. The maximum absolute atomic E-state index is 13.3. The molecule has 0 aliphatic rings. The van der Waals surface area contributed by atoms with Crippen LogP contribution in [0.3, 0.4) is 0 Å². The number of nitriles is 1. The van der Waals surface area contributed by atoms with Crippen LogP contribution >= 0.6 is 0 Å². The molecule has 0 bridgehead atoms. The summed E-state index contributed by atoms with van der Waals surface area (Å²) in [7, 11) is 1.83. The molecule has 0 radical (unpaired) electrons. The summed E-state index contributed by atoms with van der Waals surface area (Å²) in [5.41, 5.74) is 0.638. The summed E-state index contributed by atoms with van der Waals surface area (Å²) in [4.78, 5) is 0. The average molecular weight is 231 g/mol. The summed E-state index contributed by atoms with van der Waals surface area (Å²) in [5.74, 6) is 0.213. The van der Waals surface area contributed by atoms with Crippen LogP contribution in [0.5, 0.6) is 0 Å². The molecule has 86 valence electrons. The van der Waals surface area contributed by atoms with Crippen molar-refractivity contribution in [3.63, 3.8) is 0 Å². The van der Waals surface area contributed by atoms with Gasteiger partial charge in [0.15, 0.2) is 5.82 Å². The first kappa shape index (κ1) is 11.1.